The van der Waals surface area contributed by atoms with Gasteiger partial charge in [-0.2, -0.15) is 0 Å². The van der Waals surface area contributed by atoms with Gasteiger partial charge in [-0.05, 0) is 6.07 Å². The van der Waals surface area contributed by atoms with Crippen molar-refractivity contribution in [3.8, 4) is 11.5 Å². The Bertz CT molecular complexity index is 425. The van der Waals surface area contributed by atoms with Crippen molar-refractivity contribution >= 4 is 5.78 Å². The molecule has 1 saturated carbocycles. The summed E-state index contributed by atoms with van der Waals surface area (Å²) in [6.45, 7) is 0.663. The number of methoxy groups -OCH3 is 1. The van der Waals surface area contributed by atoms with E-state index in [2.05, 4.69) is 0 Å². The second-order valence-corrected chi connectivity index (χ2v) is 4.12. The molecule has 0 aromatic heterocycles. The standard InChI is InChI=1S/C12H12O3/c1-14-8-2-3-9-11(5-8)15-6-7-4-10(13)12(7)9/h2-3,5,7,12H,4,6H2,1H3/t7-,12-/m0/s1. The van der Waals surface area contributed by atoms with Crippen molar-refractivity contribution in [3.63, 3.8) is 0 Å². The number of Topliss-reactive ketones (excluding diaryl/α,β-unsaturated/α-hetero) is 1. The zero-order valence-corrected chi connectivity index (χ0v) is 8.53. The van der Waals surface area contributed by atoms with Gasteiger partial charge < -0.3 is 9.47 Å². The van der Waals surface area contributed by atoms with Crippen LogP contribution in [0.3, 0.4) is 0 Å². The van der Waals surface area contributed by atoms with Crippen LogP contribution in [-0.2, 0) is 4.79 Å². The van der Waals surface area contributed by atoms with Gasteiger partial charge in [-0.25, -0.2) is 0 Å². The van der Waals surface area contributed by atoms with Gasteiger partial charge >= 0.3 is 0 Å². The quantitative estimate of drug-likeness (QED) is 0.699. The van der Waals surface area contributed by atoms with Crippen molar-refractivity contribution in [2.45, 2.75) is 12.3 Å². The average Bonchev–Trinajstić information content (AvgIpc) is 2.25. The summed E-state index contributed by atoms with van der Waals surface area (Å²) in [5.74, 6) is 2.41. The van der Waals surface area contributed by atoms with Gasteiger partial charge in [0.25, 0.3) is 0 Å². The Hall–Kier alpha value is -1.51. The number of ketones is 1. The summed E-state index contributed by atoms with van der Waals surface area (Å²) in [5.41, 5.74) is 1.03. The molecule has 0 saturated heterocycles. The molecule has 1 aliphatic heterocycles. The lowest BCUT2D eigenvalue weighted by atomic mass is 9.68. The number of benzene rings is 1. The van der Waals surface area contributed by atoms with Gasteiger partial charge in [0.2, 0.25) is 0 Å². The third-order valence-electron chi connectivity index (χ3n) is 3.29. The van der Waals surface area contributed by atoms with E-state index in [0.717, 1.165) is 17.1 Å². The highest BCUT2D eigenvalue weighted by Gasteiger charge is 2.45. The molecule has 0 unspecified atom stereocenters. The van der Waals surface area contributed by atoms with Crippen LogP contribution in [0.15, 0.2) is 18.2 Å². The molecule has 0 bridgehead atoms. The molecule has 78 valence electrons. The van der Waals surface area contributed by atoms with Crippen LogP contribution >= 0.6 is 0 Å². The molecule has 15 heavy (non-hydrogen) atoms. The minimum absolute atomic E-state index is 0.0830. The Balaban J connectivity index is 2.04. The smallest absolute Gasteiger partial charge is 0.141 e. The maximum atomic E-state index is 11.5. The molecule has 0 radical (unpaired) electrons. The van der Waals surface area contributed by atoms with Gasteiger partial charge in [-0.3, -0.25) is 4.79 Å². The highest BCUT2D eigenvalue weighted by atomic mass is 16.5. The Labute approximate surface area is 88.0 Å². The van der Waals surface area contributed by atoms with Gasteiger partial charge in [0.15, 0.2) is 0 Å². The van der Waals surface area contributed by atoms with E-state index in [1.54, 1.807) is 7.11 Å². The Kier molecular flexibility index (Phi) is 1.75. The van der Waals surface area contributed by atoms with Gasteiger partial charge in [0.1, 0.15) is 17.3 Å². The third-order valence-corrected chi connectivity index (χ3v) is 3.29. The van der Waals surface area contributed by atoms with E-state index < -0.39 is 0 Å². The first-order valence-electron chi connectivity index (χ1n) is 5.13. The average molecular weight is 204 g/mol. The van der Waals surface area contributed by atoms with E-state index in [4.69, 9.17) is 9.47 Å². The fourth-order valence-electron chi connectivity index (χ4n) is 2.41. The van der Waals surface area contributed by atoms with Crippen molar-refractivity contribution in [3.05, 3.63) is 23.8 Å². The number of rotatable bonds is 1. The molecule has 1 aromatic carbocycles. The Morgan fingerprint density at radius 1 is 1.47 bits per heavy atom. The minimum Gasteiger partial charge on any atom is -0.497 e. The maximum Gasteiger partial charge on any atom is 0.141 e. The lowest BCUT2D eigenvalue weighted by molar-refractivity contribution is -0.131. The van der Waals surface area contributed by atoms with Crippen LogP contribution in [0.25, 0.3) is 0 Å². The third kappa shape index (κ3) is 1.16. The molecule has 1 fully saturated rings. The molecule has 0 amide bonds. The highest BCUT2D eigenvalue weighted by Crippen LogP contribution is 2.47. The van der Waals surface area contributed by atoms with Gasteiger partial charge in [0, 0.05) is 24.0 Å². The zero-order valence-electron chi connectivity index (χ0n) is 8.53. The van der Waals surface area contributed by atoms with Crippen LogP contribution in [0.5, 0.6) is 11.5 Å². The summed E-state index contributed by atoms with van der Waals surface area (Å²) >= 11 is 0. The fourth-order valence-corrected chi connectivity index (χ4v) is 2.41. The van der Waals surface area contributed by atoms with E-state index in [0.29, 0.717) is 24.7 Å². The first-order valence-corrected chi connectivity index (χ1v) is 5.13. The largest absolute Gasteiger partial charge is 0.497 e. The number of carbonyl (C=O) groups is 1. The van der Waals surface area contributed by atoms with E-state index in [1.807, 2.05) is 18.2 Å². The summed E-state index contributed by atoms with van der Waals surface area (Å²) in [6, 6.07) is 5.69. The summed E-state index contributed by atoms with van der Waals surface area (Å²) in [7, 11) is 1.63. The molecule has 1 heterocycles. The van der Waals surface area contributed by atoms with Gasteiger partial charge in [-0.1, -0.05) is 6.07 Å². The van der Waals surface area contributed by atoms with E-state index in [9.17, 15) is 4.79 Å². The molecule has 3 nitrogen and oxygen atoms in total. The Morgan fingerprint density at radius 2 is 2.33 bits per heavy atom. The number of fused-ring (bicyclic) bond motifs is 3. The maximum absolute atomic E-state index is 11.5. The molecule has 2 atom stereocenters. The topological polar surface area (TPSA) is 35.5 Å². The normalized spacial score (nSPS) is 27.1. The number of hydrogen-bond acceptors (Lipinski definition) is 3. The van der Waals surface area contributed by atoms with Crippen LogP contribution in [0.4, 0.5) is 0 Å². The number of carbonyl (C=O) groups excluding carboxylic acids is 1. The molecule has 3 heteroatoms. The monoisotopic (exact) mass is 204 g/mol. The minimum atomic E-state index is 0.0830. The lowest BCUT2D eigenvalue weighted by Gasteiger charge is -2.39. The van der Waals surface area contributed by atoms with Crippen molar-refractivity contribution < 1.29 is 14.3 Å². The zero-order chi connectivity index (χ0) is 10.4. The van der Waals surface area contributed by atoms with Crippen molar-refractivity contribution in [2.75, 3.05) is 13.7 Å². The second kappa shape index (κ2) is 2.99. The van der Waals surface area contributed by atoms with Crippen LogP contribution < -0.4 is 9.47 Å². The van der Waals surface area contributed by atoms with Gasteiger partial charge in [-0.15, -0.1) is 0 Å². The molecule has 2 aliphatic rings. The first kappa shape index (κ1) is 8.77. The predicted octanol–water partition coefficient (Wildman–Crippen LogP) is 1.76. The number of ether oxygens (including phenoxy) is 2. The molecule has 1 aromatic rings. The van der Waals surface area contributed by atoms with Crippen molar-refractivity contribution in [2.24, 2.45) is 5.92 Å². The first-order chi connectivity index (χ1) is 7.29. The molecular weight excluding hydrogens is 192 g/mol. The summed E-state index contributed by atoms with van der Waals surface area (Å²) < 4.78 is 10.7. The Morgan fingerprint density at radius 3 is 3.07 bits per heavy atom. The SMILES string of the molecule is COc1ccc2c(c1)OC[C@@H]1CC(=O)[C@H]21. The fraction of sp³-hybridized carbons (Fsp3) is 0.417. The molecule has 3 rings (SSSR count). The van der Waals surface area contributed by atoms with Crippen LogP contribution in [0, 0.1) is 5.92 Å². The van der Waals surface area contributed by atoms with Crippen molar-refractivity contribution in [1.29, 1.82) is 0 Å². The van der Waals surface area contributed by atoms with Crippen LogP contribution in [0.1, 0.15) is 17.9 Å². The molecule has 0 spiro atoms. The second-order valence-electron chi connectivity index (χ2n) is 4.12. The summed E-state index contributed by atoms with van der Waals surface area (Å²) in [5, 5.41) is 0. The lowest BCUT2D eigenvalue weighted by Crippen LogP contribution is -2.41. The van der Waals surface area contributed by atoms with Crippen LogP contribution in [0.2, 0.25) is 0 Å². The highest BCUT2D eigenvalue weighted by molar-refractivity contribution is 5.93. The van der Waals surface area contributed by atoms with E-state index >= 15 is 0 Å². The van der Waals surface area contributed by atoms with E-state index in [-0.39, 0.29) is 5.92 Å². The summed E-state index contributed by atoms with van der Waals surface area (Å²) in [4.78, 5) is 11.5. The summed E-state index contributed by atoms with van der Waals surface area (Å²) in [6.07, 6.45) is 0.677. The van der Waals surface area contributed by atoms with E-state index in [1.165, 1.54) is 0 Å². The number of hydrogen-bond donors (Lipinski definition) is 0. The molecule has 0 N–H and O–H groups in total. The van der Waals surface area contributed by atoms with Crippen molar-refractivity contribution in [1.82, 2.24) is 0 Å². The molecular formula is C12H12O3. The predicted molar refractivity (Wildman–Crippen MR) is 54.3 cm³/mol. The van der Waals surface area contributed by atoms with Crippen LogP contribution in [-0.4, -0.2) is 19.5 Å². The van der Waals surface area contributed by atoms with Gasteiger partial charge in [0.05, 0.1) is 19.6 Å². The molecule has 1 aliphatic carbocycles.